The van der Waals surface area contributed by atoms with Gasteiger partial charge in [-0.3, -0.25) is 9.69 Å². The summed E-state index contributed by atoms with van der Waals surface area (Å²) in [6.07, 6.45) is 2.03. The predicted octanol–water partition coefficient (Wildman–Crippen LogP) is 2.37. The normalized spacial score (nSPS) is 22.7. The van der Waals surface area contributed by atoms with E-state index in [-0.39, 0.29) is 30.7 Å². The maximum absolute atomic E-state index is 15.0. The Morgan fingerprint density at radius 1 is 1.30 bits per heavy atom. The van der Waals surface area contributed by atoms with Gasteiger partial charge in [-0.15, -0.1) is 0 Å². The second-order valence-electron chi connectivity index (χ2n) is 8.46. The number of hydrazine groups is 2. The lowest BCUT2D eigenvalue weighted by Gasteiger charge is -2.20. The third kappa shape index (κ3) is 4.28. The molecule has 2 atom stereocenters. The molecule has 2 aromatic carbocycles. The largest absolute Gasteiger partial charge is 0.442 e. The second-order valence-corrected chi connectivity index (χ2v) is 8.46. The number of cyclic esters (lactones) is 1. The van der Waals surface area contributed by atoms with E-state index in [1.165, 1.54) is 17.9 Å². The molecule has 0 aliphatic carbocycles. The van der Waals surface area contributed by atoms with Crippen LogP contribution < -0.4 is 26.1 Å². The Morgan fingerprint density at radius 3 is 2.97 bits per heavy atom. The number of nitrogens with zero attached hydrogens (tertiary/aromatic N) is 3. The number of hydrogen-bond donors (Lipinski definition) is 3. The Bertz CT molecular complexity index is 1120. The van der Waals surface area contributed by atoms with Crippen molar-refractivity contribution in [3.05, 3.63) is 48.3 Å². The van der Waals surface area contributed by atoms with Gasteiger partial charge in [-0.05, 0) is 30.7 Å². The van der Waals surface area contributed by atoms with E-state index >= 15 is 4.39 Å². The van der Waals surface area contributed by atoms with E-state index in [4.69, 9.17) is 4.74 Å². The van der Waals surface area contributed by atoms with Gasteiger partial charge >= 0.3 is 6.09 Å². The highest BCUT2D eigenvalue weighted by atomic mass is 19.1. The Morgan fingerprint density at radius 2 is 2.15 bits per heavy atom. The van der Waals surface area contributed by atoms with Crippen LogP contribution >= 0.6 is 0 Å². The molecule has 0 spiro atoms. The van der Waals surface area contributed by atoms with E-state index in [0.717, 1.165) is 24.3 Å². The van der Waals surface area contributed by atoms with Crippen LogP contribution in [0.15, 0.2) is 42.5 Å². The van der Waals surface area contributed by atoms with Crippen molar-refractivity contribution in [2.75, 3.05) is 41.4 Å². The first-order valence-electron chi connectivity index (χ1n) is 11.0. The zero-order valence-corrected chi connectivity index (χ0v) is 18.3. The number of carbonyl (C=O) groups excluding carboxylic acids is 2. The molecule has 0 saturated carbocycles. The van der Waals surface area contributed by atoms with Gasteiger partial charge in [0.2, 0.25) is 5.91 Å². The molecule has 3 aliphatic rings. The smallest absolute Gasteiger partial charge is 0.414 e. The fourth-order valence-corrected chi connectivity index (χ4v) is 4.44. The number of hydrazone groups is 1. The van der Waals surface area contributed by atoms with Crippen molar-refractivity contribution in [3.63, 3.8) is 0 Å². The molecule has 2 fully saturated rings. The van der Waals surface area contributed by atoms with E-state index < -0.39 is 12.2 Å². The highest BCUT2D eigenvalue weighted by Crippen LogP contribution is 2.31. The topological polar surface area (TPSA) is 89.0 Å². The summed E-state index contributed by atoms with van der Waals surface area (Å²) in [5, 5.41) is 2.63. The molecule has 5 rings (SSSR count). The Labute approximate surface area is 190 Å². The minimum Gasteiger partial charge on any atom is -0.442 e. The van der Waals surface area contributed by atoms with Crippen LogP contribution in [-0.4, -0.2) is 55.2 Å². The minimum atomic E-state index is -0.541. The standard InChI is InChI=1S/C23H25FN6O3/c1-15(31)25-11-18-14-29(23(32)33-18)17-6-7-21(19(24)10-17)28-9-8-16(12-28)13-30-22-5-3-2-4-20(22)26-27-30/h2-7,10,13,16,18,26-27H,8-9,11-12,14H2,1H3/p+1. The van der Waals surface area contributed by atoms with Gasteiger partial charge in [0.25, 0.3) is 5.69 Å². The molecule has 2 aromatic rings. The average molecular weight is 453 g/mol. The molecule has 9 nitrogen and oxygen atoms in total. The van der Waals surface area contributed by atoms with Crippen molar-refractivity contribution in [2.24, 2.45) is 5.92 Å². The van der Waals surface area contributed by atoms with Crippen molar-refractivity contribution >= 4 is 41.0 Å². The van der Waals surface area contributed by atoms with Crippen LogP contribution in [0, 0.1) is 11.7 Å². The van der Waals surface area contributed by atoms with E-state index in [1.54, 1.807) is 12.1 Å². The Balaban J connectivity index is 1.25. The first kappa shape index (κ1) is 21.0. The number of rotatable bonds is 5. The predicted molar refractivity (Wildman–Crippen MR) is 122 cm³/mol. The maximum atomic E-state index is 15.0. The van der Waals surface area contributed by atoms with Gasteiger partial charge in [0.1, 0.15) is 17.6 Å². The van der Waals surface area contributed by atoms with Crippen molar-refractivity contribution in [1.82, 2.24) is 10.9 Å². The number of benzene rings is 2. The van der Waals surface area contributed by atoms with E-state index in [2.05, 4.69) is 22.5 Å². The van der Waals surface area contributed by atoms with Crippen LogP contribution in [0.3, 0.4) is 0 Å². The Hall–Kier alpha value is -3.82. The van der Waals surface area contributed by atoms with Gasteiger partial charge in [0.15, 0.2) is 6.21 Å². The quantitative estimate of drug-likeness (QED) is 0.603. The highest BCUT2D eigenvalue weighted by Gasteiger charge is 2.34. The number of fused-ring (bicyclic) bond motifs is 1. The van der Waals surface area contributed by atoms with Gasteiger partial charge < -0.3 is 15.0 Å². The first-order valence-corrected chi connectivity index (χ1v) is 11.0. The maximum Gasteiger partial charge on any atom is 0.414 e. The molecule has 3 heterocycles. The molecule has 2 saturated heterocycles. The zero-order valence-electron chi connectivity index (χ0n) is 18.3. The van der Waals surface area contributed by atoms with Crippen LogP contribution in [-0.2, 0) is 9.53 Å². The summed E-state index contributed by atoms with van der Waals surface area (Å²) in [6.45, 7) is 3.33. The molecule has 3 aliphatic heterocycles. The number of hydrogen-bond acceptors (Lipinski definition) is 6. The lowest BCUT2D eigenvalue weighted by Crippen LogP contribution is -2.33. The fraction of sp³-hybridized carbons (Fsp3) is 0.348. The van der Waals surface area contributed by atoms with Gasteiger partial charge in [-0.2, -0.15) is 0 Å². The van der Waals surface area contributed by atoms with Crippen LogP contribution in [0.5, 0.6) is 0 Å². The van der Waals surface area contributed by atoms with Crippen molar-refractivity contribution in [1.29, 1.82) is 0 Å². The third-order valence-corrected chi connectivity index (χ3v) is 6.10. The molecule has 3 N–H and O–H groups in total. The molecule has 0 radical (unpaired) electrons. The lowest BCUT2D eigenvalue weighted by molar-refractivity contribution is -0.489. The molecule has 2 unspecified atom stereocenters. The lowest BCUT2D eigenvalue weighted by atomic mass is 10.1. The molecule has 0 aromatic heterocycles. The molecule has 0 bridgehead atoms. The van der Waals surface area contributed by atoms with E-state index in [1.807, 2.05) is 33.8 Å². The van der Waals surface area contributed by atoms with Crippen LogP contribution in [0.2, 0.25) is 0 Å². The SMILES string of the molecule is CC(=O)NCC1CN(c2ccc(N3CCC(C=[N+]4NNc5ccccc54)C3)c(F)c2)C(=O)O1. The van der Waals surface area contributed by atoms with Crippen LogP contribution in [0.25, 0.3) is 0 Å². The number of anilines is 3. The Kier molecular flexibility index (Phi) is 5.49. The summed E-state index contributed by atoms with van der Waals surface area (Å²) >= 11 is 0. The molecule has 10 heteroatoms. The molecule has 2 amide bonds. The van der Waals surface area contributed by atoms with E-state index in [9.17, 15) is 9.59 Å². The fourth-order valence-electron chi connectivity index (χ4n) is 4.44. The second kappa shape index (κ2) is 8.61. The number of ether oxygens (including phenoxy) is 1. The van der Waals surface area contributed by atoms with Gasteiger partial charge in [0, 0.05) is 26.1 Å². The van der Waals surface area contributed by atoms with Crippen molar-refractivity contribution in [3.8, 4) is 0 Å². The zero-order chi connectivity index (χ0) is 22.9. The molecular weight excluding hydrogens is 427 g/mol. The summed E-state index contributed by atoms with van der Waals surface area (Å²) in [5.74, 6) is -0.313. The monoisotopic (exact) mass is 453 g/mol. The molecule has 172 valence electrons. The minimum absolute atomic E-state index is 0.193. The molecule has 33 heavy (non-hydrogen) atoms. The third-order valence-electron chi connectivity index (χ3n) is 6.10. The number of halogens is 1. The number of carbonyl (C=O) groups is 2. The van der Waals surface area contributed by atoms with E-state index in [0.29, 0.717) is 17.9 Å². The number of nitrogens with one attached hydrogen (secondary N) is 3. The summed E-state index contributed by atoms with van der Waals surface area (Å²) < 4.78 is 22.3. The van der Waals surface area contributed by atoms with Gasteiger partial charge in [-0.1, -0.05) is 22.4 Å². The number of amides is 2. The van der Waals surface area contributed by atoms with Crippen LogP contribution in [0.1, 0.15) is 13.3 Å². The summed E-state index contributed by atoms with van der Waals surface area (Å²) in [6, 6.07) is 12.8. The highest BCUT2D eigenvalue weighted by molar-refractivity contribution is 5.90. The molecular formula is C23H26FN6O3+. The van der Waals surface area contributed by atoms with Crippen LogP contribution in [0.4, 0.5) is 31.9 Å². The van der Waals surface area contributed by atoms with Gasteiger partial charge in [-0.25, -0.2) is 14.6 Å². The first-order chi connectivity index (χ1) is 16.0. The average Bonchev–Trinajstić information content (AvgIpc) is 3.52. The van der Waals surface area contributed by atoms with Crippen molar-refractivity contribution in [2.45, 2.75) is 19.4 Å². The summed E-state index contributed by atoms with van der Waals surface area (Å²) in [4.78, 5) is 26.7. The van der Waals surface area contributed by atoms with Crippen molar-refractivity contribution < 1.29 is 23.4 Å². The summed E-state index contributed by atoms with van der Waals surface area (Å²) in [5.41, 5.74) is 9.31. The van der Waals surface area contributed by atoms with Gasteiger partial charge in [0.05, 0.1) is 30.4 Å². The number of para-hydroxylation sites is 2. The summed E-state index contributed by atoms with van der Waals surface area (Å²) in [7, 11) is 0.